The summed E-state index contributed by atoms with van der Waals surface area (Å²) in [5, 5.41) is 2.55. The monoisotopic (exact) mass is 432 g/mol. The maximum absolute atomic E-state index is 12.7. The number of ether oxygens (including phenoxy) is 3. The van der Waals surface area contributed by atoms with Crippen molar-refractivity contribution in [3.05, 3.63) is 29.5 Å². The van der Waals surface area contributed by atoms with Crippen LogP contribution in [0.4, 0.5) is 4.79 Å². The van der Waals surface area contributed by atoms with E-state index in [1.807, 2.05) is 0 Å². The van der Waals surface area contributed by atoms with Gasteiger partial charge in [-0.15, -0.1) is 0 Å². The highest BCUT2D eigenvalue weighted by atomic mass is 16.5. The fraction of sp³-hybridized carbons (Fsp3) is 0.522. The number of nitrogens with one attached hydrogen (secondary N) is 1. The number of imide groups is 1. The third-order valence-corrected chi connectivity index (χ3v) is 5.26. The zero-order valence-electron chi connectivity index (χ0n) is 18.7. The molecule has 31 heavy (non-hydrogen) atoms. The SMILES string of the molecule is CCCCC(CC)COC(=O)CCN1C(=O)N/C(=C/c2cccc(OC)c2OC)C1=O. The molecule has 0 aromatic heterocycles. The summed E-state index contributed by atoms with van der Waals surface area (Å²) in [7, 11) is 3.02. The predicted molar refractivity (Wildman–Crippen MR) is 117 cm³/mol. The van der Waals surface area contributed by atoms with Crippen molar-refractivity contribution < 1.29 is 28.6 Å². The highest BCUT2D eigenvalue weighted by Gasteiger charge is 2.34. The predicted octanol–water partition coefficient (Wildman–Crippen LogP) is 3.75. The maximum atomic E-state index is 12.7. The number of carbonyl (C=O) groups excluding carboxylic acids is 3. The van der Waals surface area contributed by atoms with Gasteiger partial charge < -0.3 is 19.5 Å². The van der Waals surface area contributed by atoms with Crippen molar-refractivity contribution in [2.75, 3.05) is 27.4 Å². The van der Waals surface area contributed by atoms with Gasteiger partial charge >= 0.3 is 12.0 Å². The second-order valence-electron chi connectivity index (χ2n) is 7.38. The van der Waals surface area contributed by atoms with Gasteiger partial charge in [0.15, 0.2) is 11.5 Å². The Kier molecular flexibility index (Phi) is 9.37. The molecule has 2 rings (SSSR count). The van der Waals surface area contributed by atoms with Gasteiger partial charge in [0.2, 0.25) is 0 Å². The number of carbonyl (C=O) groups is 3. The van der Waals surface area contributed by atoms with E-state index in [9.17, 15) is 14.4 Å². The Morgan fingerprint density at radius 3 is 2.61 bits per heavy atom. The van der Waals surface area contributed by atoms with Gasteiger partial charge in [0.05, 0.1) is 27.2 Å². The van der Waals surface area contributed by atoms with Crippen LogP contribution in [0.3, 0.4) is 0 Å². The Morgan fingerprint density at radius 2 is 1.97 bits per heavy atom. The number of para-hydroxylation sites is 1. The molecule has 1 aliphatic rings. The summed E-state index contributed by atoms with van der Waals surface area (Å²) < 4.78 is 16.0. The number of amides is 3. The van der Waals surface area contributed by atoms with Crippen LogP contribution in [0.25, 0.3) is 6.08 Å². The van der Waals surface area contributed by atoms with Crippen LogP contribution in [0, 0.1) is 5.92 Å². The van der Waals surface area contributed by atoms with Crippen molar-refractivity contribution >= 4 is 24.0 Å². The molecule has 8 heteroatoms. The first-order valence-electron chi connectivity index (χ1n) is 10.7. The molecule has 1 N–H and O–H groups in total. The van der Waals surface area contributed by atoms with Crippen molar-refractivity contribution in [2.24, 2.45) is 5.92 Å². The molecule has 8 nitrogen and oxygen atoms in total. The molecule has 3 amide bonds. The van der Waals surface area contributed by atoms with E-state index in [1.165, 1.54) is 20.3 Å². The van der Waals surface area contributed by atoms with Crippen LogP contribution < -0.4 is 14.8 Å². The summed E-state index contributed by atoms with van der Waals surface area (Å²) in [5.74, 6) is 0.389. The van der Waals surface area contributed by atoms with Crippen molar-refractivity contribution in [2.45, 2.75) is 46.0 Å². The van der Waals surface area contributed by atoms with E-state index in [1.54, 1.807) is 18.2 Å². The molecule has 0 spiro atoms. The second kappa shape index (κ2) is 12.0. The van der Waals surface area contributed by atoms with Gasteiger partial charge in [-0.3, -0.25) is 14.5 Å². The van der Waals surface area contributed by atoms with Crippen LogP contribution in [0.5, 0.6) is 11.5 Å². The quantitative estimate of drug-likeness (QED) is 0.307. The van der Waals surface area contributed by atoms with Gasteiger partial charge in [-0.2, -0.15) is 0 Å². The first kappa shape index (κ1) is 24.2. The van der Waals surface area contributed by atoms with Crippen molar-refractivity contribution in [3.63, 3.8) is 0 Å². The first-order chi connectivity index (χ1) is 14.9. The molecule has 170 valence electrons. The second-order valence-corrected chi connectivity index (χ2v) is 7.38. The van der Waals surface area contributed by atoms with Crippen molar-refractivity contribution in [1.29, 1.82) is 0 Å². The van der Waals surface area contributed by atoms with Crippen molar-refractivity contribution in [3.8, 4) is 11.5 Å². The summed E-state index contributed by atoms with van der Waals surface area (Å²) in [5.41, 5.74) is 0.694. The first-order valence-corrected chi connectivity index (χ1v) is 10.7. The Labute approximate surface area is 183 Å². The molecule has 1 fully saturated rings. The average molecular weight is 433 g/mol. The number of urea groups is 1. The highest BCUT2D eigenvalue weighted by Crippen LogP contribution is 2.32. The van der Waals surface area contributed by atoms with Crippen LogP contribution in [0.15, 0.2) is 23.9 Å². The fourth-order valence-electron chi connectivity index (χ4n) is 3.34. The molecule has 1 aliphatic heterocycles. The largest absolute Gasteiger partial charge is 0.493 e. The fourth-order valence-corrected chi connectivity index (χ4v) is 3.34. The molecule has 1 heterocycles. The molecule has 1 atom stereocenters. The Balaban J connectivity index is 1.97. The van der Waals surface area contributed by atoms with Gasteiger partial charge in [-0.1, -0.05) is 45.2 Å². The topological polar surface area (TPSA) is 94.2 Å². The Bertz CT molecular complexity index is 820. The van der Waals surface area contributed by atoms with Crippen LogP contribution in [-0.4, -0.2) is 50.2 Å². The summed E-state index contributed by atoms with van der Waals surface area (Å²) in [6, 6.07) is 4.67. The minimum Gasteiger partial charge on any atom is -0.493 e. The highest BCUT2D eigenvalue weighted by molar-refractivity contribution is 6.14. The smallest absolute Gasteiger partial charge is 0.329 e. The van der Waals surface area contributed by atoms with E-state index in [2.05, 4.69) is 19.2 Å². The molecular formula is C23H32N2O6. The molecule has 0 aliphatic carbocycles. The molecule has 1 aromatic carbocycles. The molecule has 1 saturated heterocycles. The van der Waals surface area contributed by atoms with Crippen LogP contribution in [0.1, 0.15) is 51.5 Å². The lowest BCUT2D eigenvalue weighted by Crippen LogP contribution is -2.33. The molecule has 0 saturated carbocycles. The lowest BCUT2D eigenvalue weighted by Gasteiger charge is -2.15. The van der Waals surface area contributed by atoms with Crippen LogP contribution in [-0.2, 0) is 14.3 Å². The van der Waals surface area contributed by atoms with Crippen LogP contribution >= 0.6 is 0 Å². The van der Waals surface area contributed by atoms with Gasteiger partial charge in [-0.05, 0) is 24.5 Å². The summed E-state index contributed by atoms with van der Waals surface area (Å²) in [4.78, 5) is 38.0. The van der Waals surface area contributed by atoms with E-state index in [4.69, 9.17) is 14.2 Å². The molecular weight excluding hydrogens is 400 g/mol. The molecule has 0 bridgehead atoms. The van der Waals surface area contributed by atoms with Gasteiger partial charge in [-0.25, -0.2) is 4.79 Å². The minimum atomic E-state index is -0.569. The Hall–Kier alpha value is -3.03. The summed E-state index contributed by atoms with van der Waals surface area (Å²) in [6.45, 7) is 4.54. The lowest BCUT2D eigenvalue weighted by atomic mass is 10.0. The van der Waals surface area contributed by atoms with Crippen molar-refractivity contribution in [1.82, 2.24) is 10.2 Å². The number of esters is 1. The normalized spacial score (nSPS) is 15.7. The molecule has 1 aromatic rings. The van der Waals surface area contributed by atoms with Gasteiger partial charge in [0.25, 0.3) is 5.91 Å². The summed E-state index contributed by atoms with van der Waals surface area (Å²) >= 11 is 0. The average Bonchev–Trinajstić information content (AvgIpc) is 3.04. The minimum absolute atomic E-state index is 0.0398. The van der Waals surface area contributed by atoms with E-state index in [0.717, 1.165) is 30.6 Å². The van der Waals surface area contributed by atoms with Gasteiger partial charge in [0.1, 0.15) is 5.70 Å². The molecule has 1 unspecified atom stereocenters. The van der Waals surface area contributed by atoms with E-state index in [-0.39, 0.29) is 18.7 Å². The van der Waals surface area contributed by atoms with Gasteiger partial charge in [0, 0.05) is 12.1 Å². The zero-order valence-corrected chi connectivity index (χ0v) is 18.7. The number of nitrogens with zero attached hydrogens (tertiary/aromatic N) is 1. The maximum Gasteiger partial charge on any atom is 0.329 e. The number of rotatable bonds is 12. The third-order valence-electron chi connectivity index (χ3n) is 5.26. The van der Waals surface area contributed by atoms with E-state index < -0.39 is 17.9 Å². The lowest BCUT2D eigenvalue weighted by molar-refractivity contribution is -0.145. The summed E-state index contributed by atoms with van der Waals surface area (Å²) in [6.07, 6.45) is 5.66. The third kappa shape index (κ3) is 6.47. The molecule has 0 radical (unpaired) electrons. The number of hydrogen-bond donors (Lipinski definition) is 1. The number of benzene rings is 1. The standard InChI is InChI=1S/C23H32N2O6/c1-5-7-9-16(6-2)15-31-20(26)12-13-25-22(27)18(24-23(25)28)14-17-10-8-11-19(29-3)21(17)30-4/h8,10-11,14,16H,5-7,9,12-13,15H2,1-4H3,(H,24,28)/b18-14+. The number of hydrogen-bond acceptors (Lipinski definition) is 6. The zero-order chi connectivity index (χ0) is 22.8. The Morgan fingerprint density at radius 1 is 1.19 bits per heavy atom. The van der Waals surface area contributed by atoms with E-state index >= 15 is 0 Å². The number of unbranched alkanes of at least 4 members (excludes halogenated alkanes) is 1. The van der Waals surface area contributed by atoms with Crippen LogP contribution in [0.2, 0.25) is 0 Å². The number of methoxy groups -OCH3 is 2. The van der Waals surface area contributed by atoms with E-state index in [0.29, 0.717) is 29.6 Å².